The number of isocyanates is 2. The normalized spacial score (nSPS) is 9.42. The van der Waals surface area contributed by atoms with Crippen molar-refractivity contribution >= 4 is 35.5 Å². The van der Waals surface area contributed by atoms with Crippen molar-refractivity contribution < 1.29 is 39.6 Å². The molecule has 10 heteroatoms. The monoisotopic (exact) mass is 528 g/mol. The number of carbonyl (C=O) groups excluding carboxylic acids is 2. The van der Waals surface area contributed by atoms with E-state index in [0.717, 1.165) is 49.7 Å². The van der Waals surface area contributed by atoms with Gasteiger partial charge in [-0.3, -0.25) is 9.59 Å². The second-order valence-electron chi connectivity index (χ2n) is 8.13. The number of carboxylic acids is 2. The highest BCUT2D eigenvalue weighted by Crippen LogP contribution is 2.17. The van der Waals surface area contributed by atoms with Crippen LogP contribution in [0.4, 0.5) is 11.4 Å². The lowest BCUT2D eigenvalue weighted by atomic mass is 10.0. The van der Waals surface area contributed by atoms with Gasteiger partial charge in [0.1, 0.15) is 0 Å². The molecule has 0 radical (unpaired) electrons. The molecule has 0 saturated carbocycles. The Balaban J connectivity index is 0.000000625. The number of nitrogens with zero attached hydrogens (tertiary/aromatic N) is 2. The second kappa shape index (κ2) is 23.5. The standard InChI is InChI=1S/C15H10N2O2.C9H16O4.C4H10O2/c18-10-16-14-5-1-12(2-6-14)9-13-3-7-15(8-4-13)17-11-19;10-8(11)6-4-2-1-3-5-7-9(12)13;5-3-1-2-4-6/h1-8H,9H2;1-7H2,(H,10,11)(H,12,13);5-6H,1-4H2. The summed E-state index contributed by atoms with van der Waals surface area (Å²) in [5, 5.41) is 32.8. The zero-order valence-corrected chi connectivity index (χ0v) is 21.4. The first-order valence-electron chi connectivity index (χ1n) is 12.3. The number of aliphatic imine (C=N–C) groups is 2. The van der Waals surface area contributed by atoms with Gasteiger partial charge in [-0.25, -0.2) is 9.59 Å². The molecule has 2 aromatic rings. The van der Waals surface area contributed by atoms with Gasteiger partial charge in [0.2, 0.25) is 12.2 Å². The number of rotatable bonds is 15. The quantitative estimate of drug-likeness (QED) is 0.144. The number of benzene rings is 2. The van der Waals surface area contributed by atoms with Gasteiger partial charge in [-0.1, -0.05) is 43.5 Å². The highest BCUT2D eigenvalue weighted by Gasteiger charge is 1.99. The van der Waals surface area contributed by atoms with Gasteiger partial charge in [0.15, 0.2) is 0 Å². The molecule has 0 unspecified atom stereocenters. The second-order valence-corrected chi connectivity index (χ2v) is 8.13. The minimum absolute atomic E-state index is 0.195. The highest BCUT2D eigenvalue weighted by molar-refractivity contribution is 5.66. The molecule has 0 saturated heterocycles. The summed E-state index contributed by atoms with van der Waals surface area (Å²) in [5.74, 6) is -1.52. The molecule has 0 heterocycles. The minimum Gasteiger partial charge on any atom is -0.481 e. The summed E-state index contributed by atoms with van der Waals surface area (Å²) in [5.41, 5.74) is 3.40. The van der Waals surface area contributed by atoms with Crippen LogP contribution in [0.15, 0.2) is 58.5 Å². The van der Waals surface area contributed by atoms with Gasteiger partial charge in [0.25, 0.3) is 0 Å². The van der Waals surface area contributed by atoms with Crippen LogP contribution in [0.1, 0.15) is 68.9 Å². The lowest BCUT2D eigenvalue weighted by Gasteiger charge is -2.02. The fourth-order valence-electron chi connectivity index (χ4n) is 3.02. The molecule has 0 aliphatic carbocycles. The Morgan fingerprint density at radius 1 is 0.579 bits per heavy atom. The molecule has 2 aromatic carbocycles. The molecule has 10 nitrogen and oxygen atoms in total. The third-order valence-corrected chi connectivity index (χ3v) is 4.98. The van der Waals surface area contributed by atoms with Gasteiger partial charge in [-0.05, 0) is 67.5 Å². The molecule has 0 atom stereocenters. The Hall–Kier alpha value is -3.94. The molecule has 0 fully saturated rings. The molecule has 4 N–H and O–H groups in total. The summed E-state index contributed by atoms with van der Waals surface area (Å²) in [6.45, 7) is 0.390. The van der Waals surface area contributed by atoms with Crippen molar-refractivity contribution in [3.05, 3.63) is 59.7 Å². The summed E-state index contributed by atoms with van der Waals surface area (Å²) in [6.07, 6.45) is 9.74. The van der Waals surface area contributed by atoms with Gasteiger partial charge in [-0.2, -0.15) is 9.98 Å². The molecule has 0 aliphatic heterocycles. The largest absolute Gasteiger partial charge is 0.481 e. The maximum Gasteiger partial charge on any atom is 0.303 e. The minimum atomic E-state index is -0.759. The summed E-state index contributed by atoms with van der Waals surface area (Å²) >= 11 is 0. The molecule has 206 valence electrons. The van der Waals surface area contributed by atoms with Gasteiger partial charge < -0.3 is 20.4 Å². The van der Waals surface area contributed by atoms with E-state index < -0.39 is 11.9 Å². The Labute approximate surface area is 222 Å². The number of aliphatic hydroxyl groups excluding tert-OH is 2. The summed E-state index contributed by atoms with van der Waals surface area (Å²) < 4.78 is 0. The van der Waals surface area contributed by atoms with E-state index in [2.05, 4.69) is 9.98 Å². The van der Waals surface area contributed by atoms with Gasteiger partial charge in [0.05, 0.1) is 11.4 Å². The number of carboxylic acid groups (broad SMARTS) is 2. The van der Waals surface area contributed by atoms with Crippen LogP contribution in [-0.2, 0) is 25.6 Å². The molecule has 0 bridgehead atoms. The highest BCUT2D eigenvalue weighted by atomic mass is 16.4. The SMILES string of the molecule is O=C(O)CCCCCCCC(=O)O.O=C=Nc1ccc(Cc2ccc(N=C=O)cc2)cc1.OCCCCO. The van der Waals surface area contributed by atoms with Crippen LogP contribution in [0, 0.1) is 0 Å². The summed E-state index contributed by atoms with van der Waals surface area (Å²) in [7, 11) is 0. The Bertz CT molecular complexity index is 929. The van der Waals surface area contributed by atoms with Crippen molar-refractivity contribution in [3.63, 3.8) is 0 Å². The Morgan fingerprint density at radius 3 is 1.21 bits per heavy atom. The topological polar surface area (TPSA) is 174 Å². The van der Waals surface area contributed by atoms with Crippen LogP contribution in [0.3, 0.4) is 0 Å². The van der Waals surface area contributed by atoms with Crippen LogP contribution >= 0.6 is 0 Å². The maximum absolute atomic E-state index is 10.1. The van der Waals surface area contributed by atoms with Gasteiger partial charge in [0, 0.05) is 26.1 Å². The molecule has 0 aliphatic rings. The van der Waals surface area contributed by atoms with E-state index in [9.17, 15) is 19.2 Å². The average molecular weight is 529 g/mol. The van der Waals surface area contributed by atoms with E-state index >= 15 is 0 Å². The molecule has 0 amide bonds. The van der Waals surface area contributed by atoms with Crippen LogP contribution in [0.25, 0.3) is 0 Å². The molecular weight excluding hydrogens is 492 g/mol. The first kappa shape index (κ1) is 34.1. The Kier molecular flexibility index (Phi) is 21.0. The van der Waals surface area contributed by atoms with Crippen LogP contribution in [0.5, 0.6) is 0 Å². The maximum atomic E-state index is 10.1. The zero-order chi connectivity index (χ0) is 28.4. The molecule has 0 aromatic heterocycles. The first-order valence-corrected chi connectivity index (χ1v) is 12.3. The smallest absolute Gasteiger partial charge is 0.303 e. The van der Waals surface area contributed by atoms with Crippen molar-refractivity contribution in [1.29, 1.82) is 0 Å². The zero-order valence-electron chi connectivity index (χ0n) is 21.4. The van der Waals surface area contributed by atoms with Crippen molar-refractivity contribution in [2.75, 3.05) is 13.2 Å². The predicted octanol–water partition coefficient (Wildman–Crippen LogP) is 4.85. The molecular formula is C28H36N2O8. The summed E-state index contributed by atoms with van der Waals surface area (Å²) in [6, 6.07) is 14.7. The van der Waals surface area contributed by atoms with Crippen LogP contribution < -0.4 is 0 Å². The third-order valence-electron chi connectivity index (χ3n) is 4.98. The fourth-order valence-corrected chi connectivity index (χ4v) is 3.02. The van der Waals surface area contributed by atoms with E-state index in [-0.39, 0.29) is 26.1 Å². The lowest BCUT2D eigenvalue weighted by Crippen LogP contribution is -1.95. The average Bonchev–Trinajstić information content (AvgIpc) is 2.90. The van der Waals surface area contributed by atoms with Crippen molar-refractivity contribution in [2.24, 2.45) is 9.98 Å². The van der Waals surface area contributed by atoms with E-state index in [0.29, 0.717) is 24.2 Å². The number of unbranched alkanes of at least 4 members (excludes halogenated alkanes) is 5. The van der Waals surface area contributed by atoms with E-state index in [1.165, 1.54) is 12.2 Å². The van der Waals surface area contributed by atoms with Gasteiger partial charge >= 0.3 is 11.9 Å². The van der Waals surface area contributed by atoms with Crippen LogP contribution in [-0.4, -0.2) is 57.7 Å². The van der Waals surface area contributed by atoms with Gasteiger partial charge in [-0.15, -0.1) is 0 Å². The molecule has 0 spiro atoms. The molecule has 38 heavy (non-hydrogen) atoms. The number of carbonyl (C=O) groups is 2. The third kappa shape index (κ3) is 20.3. The van der Waals surface area contributed by atoms with Crippen molar-refractivity contribution in [1.82, 2.24) is 0 Å². The number of aliphatic hydroxyl groups is 2. The predicted molar refractivity (Wildman–Crippen MR) is 142 cm³/mol. The van der Waals surface area contributed by atoms with E-state index in [1.807, 2.05) is 24.3 Å². The fraction of sp³-hybridized carbons (Fsp3) is 0.429. The number of hydrogen-bond donors (Lipinski definition) is 4. The summed E-state index contributed by atoms with van der Waals surface area (Å²) in [4.78, 5) is 47.5. The van der Waals surface area contributed by atoms with E-state index in [1.54, 1.807) is 24.3 Å². The number of aliphatic carboxylic acids is 2. The first-order chi connectivity index (χ1) is 18.4. The Morgan fingerprint density at radius 2 is 0.921 bits per heavy atom. The van der Waals surface area contributed by atoms with Crippen molar-refractivity contribution in [2.45, 2.75) is 64.2 Å². The van der Waals surface area contributed by atoms with E-state index in [4.69, 9.17) is 20.4 Å². The lowest BCUT2D eigenvalue weighted by molar-refractivity contribution is -0.138. The van der Waals surface area contributed by atoms with Crippen LogP contribution in [0.2, 0.25) is 0 Å². The van der Waals surface area contributed by atoms with Crippen molar-refractivity contribution in [3.8, 4) is 0 Å². The molecule has 2 rings (SSSR count). The number of hydrogen-bond acceptors (Lipinski definition) is 8.